The highest BCUT2D eigenvalue weighted by Gasteiger charge is 2.30. The van der Waals surface area contributed by atoms with E-state index in [2.05, 4.69) is 44.2 Å². The first-order valence-electron chi connectivity index (χ1n) is 9.81. The van der Waals surface area contributed by atoms with Gasteiger partial charge in [-0.2, -0.15) is 13.2 Å². The van der Waals surface area contributed by atoms with Gasteiger partial charge in [-0.15, -0.1) is 10.2 Å². The summed E-state index contributed by atoms with van der Waals surface area (Å²) in [7, 11) is 1.63. The first kappa shape index (κ1) is 24.0. The molecule has 0 aliphatic rings. The van der Waals surface area contributed by atoms with Gasteiger partial charge in [-0.3, -0.25) is 4.99 Å². The van der Waals surface area contributed by atoms with Crippen LogP contribution in [0.2, 0.25) is 0 Å². The third kappa shape index (κ3) is 7.23. The lowest BCUT2D eigenvalue weighted by molar-refractivity contribution is -0.137. The zero-order valence-corrected chi connectivity index (χ0v) is 18.6. The lowest BCUT2D eigenvalue weighted by Crippen LogP contribution is -2.37. The molecule has 0 atom stereocenters. The monoisotopic (exact) mass is 442 g/mol. The number of nitrogens with zero attached hydrogens (tertiary/aromatic N) is 4. The number of halogens is 3. The molecule has 2 aromatic rings. The fourth-order valence-electron chi connectivity index (χ4n) is 2.92. The summed E-state index contributed by atoms with van der Waals surface area (Å²) in [6, 6.07) is 5.27. The molecule has 0 aliphatic heterocycles. The number of guanidine groups is 1. The Hall–Kier alpha value is -2.23. The largest absolute Gasteiger partial charge is 0.416 e. The van der Waals surface area contributed by atoms with Crippen molar-refractivity contribution in [1.29, 1.82) is 0 Å². The van der Waals surface area contributed by atoms with Crippen molar-refractivity contribution in [2.45, 2.75) is 51.1 Å². The first-order chi connectivity index (χ1) is 14.2. The lowest BCUT2D eigenvalue weighted by Gasteiger charge is -2.14. The second-order valence-corrected chi connectivity index (χ2v) is 8.04. The van der Waals surface area contributed by atoms with Crippen LogP contribution in [-0.2, 0) is 25.7 Å². The van der Waals surface area contributed by atoms with Gasteiger partial charge >= 0.3 is 6.18 Å². The molecule has 1 heterocycles. The second-order valence-electron chi connectivity index (χ2n) is 7.26. The van der Waals surface area contributed by atoms with Crippen molar-refractivity contribution in [2.75, 3.05) is 19.8 Å². The van der Waals surface area contributed by atoms with Gasteiger partial charge in [0.2, 0.25) is 0 Å². The van der Waals surface area contributed by atoms with Crippen LogP contribution in [0.5, 0.6) is 0 Å². The highest BCUT2D eigenvalue weighted by atomic mass is 32.2. The predicted octanol–water partition coefficient (Wildman–Crippen LogP) is 3.97. The maximum absolute atomic E-state index is 12.8. The van der Waals surface area contributed by atoms with Crippen LogP contribution in [0.25, 0.3) is 0 Å². The van der Waals surface area contributed by atoms with Gasteiger partial charge in [0, 0.05) is 33.1 Å². The molecule has 30 heavy (non-hydrogen) atoms. The summed E-state index contributed by atoms with van der Waals surface area (Å²) in [5, 5.41) is 15.7. The Bertz CT molecular complexity index is 832. The summed E-state index contributed by atoms with van der Waals surface area (Å²) in [6.07, 6.45) is -0.749. The molecule has 0 saturated carbocycles. The molecular weight excluding hydrogens is 413 g/mol. The van der Waals surface area contributed by atoms with E-state index in [-0.39, 0.29) is 6.54 Å². The molecular formula is C20H29F3N6S. The van der Waals surface area contributed by atoms with E-state index in [1.807, 2.05) is 6.26 Å². The molecule has 0 saturated heterocycles. The van der Waals surface area contributed by atoms with Gasteiger partial charge in [-0.05, 0) is 36.3 Å². The van der Waals surface area contributed by atoms with Crippen molar-refractivity contribution in [3.05, 3.63) is 41.2 Å². The molecule has 1 aromatic carbocycles. The summed E-state index contributed by atoms with van der Waals surface area (Å²) < 4.78 is 40.7. The molecule has 0 bridgehead atoms. The summed E-state index contributed by atoms with van der Waals surface area (Å²) in [4.78, 5) is 4.13. The van der Waals surface area contributed by atoms with Gasteiger partial charge in [0.25, 0.3) is 0 Å². The molecule has 0 fully saturated rings. The molecule has 0 aliphatic carbocycles. The average molecular weight is 443 g/mol. The molecule has 166 valence electrons. The SMILES string of the molecule is CN=C(NCCCc1nnc(SC)n1CC(C)C)NCc1cccc(C(F)(F)F)c1. The maximum atomic E-state index is 12.8. The van der Waals surface area contributed by atoms with Crippen LogP contribution in [0.4, 0.5) is 13.2 Å². The van der Waals surface area contributed by atoms with Crippen molar-refractivity contribution in [2.24, 2.45) is 10.9 Å². The van der Waals surface area contributed by atoms with E-state index < -0.39 is 11.7 Å². The Balaban J connectivity index is 1.83. The number of nitrogens with one attached hydrogen (secondary N) is 2. The quantitative estimate of drug-likeness (QED) is 0.266. The van der Waals surface area contributed by atoms with Gasteiger partial charge in [0.15, 0.2) is 11.1 Å². The van der Waals surface area contributed by atoms with Crippen LogP contribution in [0.1, 0.15) is 37.2 Å². The van der Waals surface area contributed by atoms with E-state index in [1.165, 1.54) is 6.07 Å². The number of aromatic nitrogens is 3. The molecule has 0 amide bonds. The molecule has 0 unspecified atom stereocenters. The zero-order valence-electron chi connectivity index (χ0n) is 17.8. The number of rotatable bonds is 9. The molecule has 1 aromatic heterocycles. The number of thioether (sulfide) groups is 1. The lowest BCUT2D eigenvalue weighted by atomic mass is 10.1. The summed E-state index contributed by atoms with van der Waals surface area (Å²) in [5.74, 6) is 2.00. The van der Waals surface area contributed by atoms with E-state index in [9.17, 15) is 13.2 Å². The standard InChI is InChI=1S/C20H29F3N6S/c1-14(2)13-29-17(27-28-19(29)30-4)9-6-10-25-18(24-3)26-12-15-7-5-8-16(11-15)20(21,22)23/h5,7-8,11,14H,6,9-10,12-13H2,1-4H3,(H2,24,25,26). The Morgan fingerprint density at radius 3 is 2.63 bits per heavy atom. The Morgan fingerprint density at radius 2 is 2.00 bits per heavy atom. The Kier molecular flexibility index (Phi) is 9.01. The molecule has 6 nitrogen and oxygen atoms in total. The third-order valence-corrected chi connectivity index (χ3v) is 5.00. The molecule has 10 heteroatoms. The molecule has 0 radical (unpaired) electrons. The smallest absolute Gasteiger partial charge is 0.356 e. The van der Waals surface area contributed by atoms with Gasteiger partial charge in [-0.1, -0.05) is 37.7 Å². The highest BCUT2D eigenvalue weighted by Crippen LogP contribution is 2.29. The minimum Gasteiger partial charge on any atom is -0.356 e. The molecule has 2 N–H and O–H groups in total. The third-order valence-electron chi connectivity index (χ3n) is 4.33. The van der Waals surface area contributed by atoms with E-state index in [0.717, 1.165) is 42.5 Å². The first-order valence-corrected chi connectivity index (χ1v) is 11.0. The van der Waals surface area contributed by atoms with Gasteiger partial charge in [0.1, 0.15) is 5.82 Å². The summed E-state index contributed by atoms with van der Waals surface area (Å²) in [6.45, 7) is 6.12. The predicted molar refractivity (Wildman–Crippen MR) is 115 cm³/mol. The van der Waals surface area contributed by atoms with Crippen molar-refractivity contribution < 1.29 is 13.2 Å². The molecule has 2 rings (SSSR count). The minimum absolute atomic E-state index is 0.253. The van der Waals surface area contributed by atoms with Crippen LogP contribution < -0.4 is 10.6 Å². The van der Waals surface area contributed by atoms with Crippen molar-refractivity contribution in [3.63, 3.8) is 0 Å². The fraction of sp³-hybridized carbons (Fsp3) is 0.550. The summed E-state index contributed by atoms with van der Waals surface area (Å²) >= 11 is 1.59. The van der Waals surface area contributed by atoms with Crippen molar-refractivity contribution in [3.8, 4) is 0 Å². The van der Waals surface area contributed by atoms with Crippen molar-refractivity contribution in [1.82, 2.24) is 25.4 Å². The number of aliphatic imine (C=N–C) groups is 1. The van der Waals surface area contributed by atoms with E-state index >= 15 is 0 Å². The topological polar surface area (TPSA) is 67.1 Å². The Morgan fingerprint density at radius 1 is 1.23 bits per heavy atom. The van der Waals surface area contributed by atoms with E-state index in [4.69, 9.17) is 0 Å². The average Bonchev–Trinajstić information content (AvgIpc) is 3.08. The number of hydrogen-bond acceptors (Lipinski definition) is 4. The van der Waals surface area contributed by atoms with Crippen molar-refractivity contribution >= 4 is 17.7 Å². The van der Waals surface area contributed by atoms with E-state index in [1.54, 1.807) is 24.9 Å². The van der Waals surface area contributed by atoms with Crippen LogP contribution in [-0.4, -0.2) is 40.6 Å². The number of alkyl halides is 3. The van der Waals surface area contributed by atoms with Crippen LogP contribution >= 0.6 is 11.8 Å². The van der Waals surface area contributed by atoms with Gasteiger partial charge < -0.3 is 15.2 Å². The summed E-state index contributed by atoms with van der Waals surface area (Å²) in [5.41, 5.74) is -0.112. The highest BCUT2D eigenvalue weighted by molar-refractivity contribution is 7.98. The normalized spacial score (nSPS) is 12.5. The van der Waals surface area contributed by atoms with Crippen LogP contribution in [0.15, 0.2) is 34.4 Å². The fourth-order valence-corrected chi connectivity index (χ4v) is 3.44. The number of hydrogen-bond donors (Lipinski definition) is 2. The molecule has 0 spiro atoms. The Labute approximate surface area is 179 Å². The number of aryl methyl sites for hydroxylation is 1. The second kappa shape index (κ2) is 11.2. The van der Waals surface area contributed by atoms with Crippen LogP contribution in [0.3, 0.4) is 0 Å². The maximum Gasteiger partial charge on any atom is 0.416 e. The zero-order chi connectivity index (χ0) is 22.1. The minimum atomic E-state index is -4.35. The van der Waals surface area contributed by atoms with Gasteiger partial charge in [0.05, 0.1) is 5.56 Å². The number of benzene rings is 1. The van der Waals surface area contributed by atoms with Crippen LogP contribution in [0, 0.1) is 5.92 Å². The van der Waals surface area contributed by atoms with E-state index in [0.29, 0.717) is 24.0 Å². The van der Waals surface area contributed by atoms with Gasteiger partial charge in [-0.25, -0.2) is 0 Å².